The number of hydrogen-bond acceptors (Lipinski definition) is 5. The molecule has 0 aliphatic rings. The van der Waals surface area contributed by atoms with Crippen molar-refractivity contribution < 1.29 is 32.9 Å². The molecule has 77 heavy (non-hydrogen) atoms. The van der Waals surface area contributed by atoms with Crippen LogP contribution in [-0.2, 0) is 18.4 Å². The molecule has 0 aliphatic carbocycles. The number of aliphatic hydroxyl groups excluding tert-OH is 1. The quantitative estimate of drug-likeness (QED) is 0.0243. The van der Waals surface area contributed by atoms with Gasteiger partial charge in [-0.3, -0.25) is 13.8 Å². The molecule has 454 valence electrons. The first-order valence-corrected chi connectivity index (χ1v) is 35.0. The minimum absolute atomic E-state index is 0.0603. The van der Waals surface area contributed by atoms with Crippen LogP contribution in [0.25, 0.3) is 0 Å². The first-order valence-electron chi connectivity index (χ1n) is 33.5. The lowest BCUT2D eigenvalue weighted by atomic mass is 10.0. The normalized spacial score (nSPS) is 14.0. The molecule has 0 heterocycles. The lowest BCUT2D eigenvalue weighted by Crippen LogP contribution is -2.45. The Labute approximate surface area is 479 Å². The Kier molecular flexibility index (Phi) is 57.9. The summed E-state index contributed by atoms with van der Waals surface area (Å²) in [5.74, 6) is -0.177. The van der Waals surface area contributed by atoms with Crippen molar-refractivity contribution in [1.82, 2.24) is 5.32 Å². The lowest BCUT2D eigenvalue weighted by molar-refractivity contribution is -0.870. The van der Waals surface area contributed by atoms with Crippen LogP contribution in [0.2, 0.25) is 0 Å². The number of phosphoric ester groups is 1. The topological polar surface area (TPSA) is 105 Å². The molecule has 0 radical (unpaired) electrons. The molecule has 0 bridgehead atoms. The second-order valence-corrected chi connectivity index (χ2v) is 25.7. The van der Waals surface area contributed by atoms with Gasteiger partial charge in [-0.2, -0.15) is 0 Å². The molecular weight excluding hydrogens is 972 g/mol. The van der Waals surface area contributed by atoms with E-state index < -0.39 is 20.0 Å². The van der Waals surface area contributed by atoms with Gasteiger partial charge < -0.3 is 19.8 Å². The highest BCUT2D eigenvalue weighted by Crippen LogP contribution is 2.43. The summed E-state index contributed by atoms with van der Waals surface area (Å²) in [4.78, 5) is 23.4. The molecule has 1 amide bonds. The summed E-state index contributed by atoms with van der Waals surface area (Å²) in [5.41, 5.74) is 0. The summed E-state index contributed by atoms with van der Waals surface area (Å²) >= 11 is 0. The van der Waals surface area contributed by atoms with Crippen LogP contribution in [0.3, 0.4) is 0 Å². The van der Waals surface area contributed by atoms with Crippen molar-refractivity contribution in [3.8, 4) is 0 Å². The smallest absolute Gasteiger partial charge is 0.387 e. The summed E-state index contributed by atoms with van der Waals surface area (Å²) in [7, 11) is 1.58. The number of aliphatic hydroxyl groups is 1. The van der Waals surface area contributed by atoms with E-state index in [0.29, 0.717) is 17.4 Å². The first kappa shape index (κ1) is 75.5. The fourth-order valence-corrected chi connectivity index (χ4v) is 10.8. The van der Waals surface area contributed by atoms with Crippen LogP contribution in [0.1, 0.15) is 328 Å². The van der Waals surface area contributed by atoms with Gasteiger partial charge >= 0.3 is 7.82 Å². The Morgan fingerprint density at radius 2 is 0.740 bits per heavy atom. The maximum atomic E-state index is 13.0. The van der Waals surface area contributed by atoms with Gasteiger partial charge in [0, 0.05) is 6.42 Å². The molecule has 0 aromatic carbocycles. The van der Waals surface area contributed by atoms with Crippen molar-refractivity contribution in [1.29, 1.82) is 0 Å². The fraction of sp³-hybridized carbons (Fsp3) is 0.868. The Balaban J connectivity index is 4.11. The van der Waals surface area contributed by atoms with E-state index in [-0.39, 0.29) is 19.1 Å². The average molecular weight is 1100 g/mol. The Morgan fingerprint density at radius 1 is 0.442 bits per heavy atom. The molecule has 0 aromatic heterocycles. The summed E-state index contributed by atoms with van der Waals surface area (Å²) in [6.07, 6.45) is 79.6. The molecule has 0 spiro atoms. The lowest BCUT2D eigenvalue weighted by Gasteiger charge is -2.25. The van der Waals surface area contributed by atoms with E-state index in [9.17, 15) is 19.4 Å². The number of rotatable bonds is 62. The average Bonchev–Trinajstić information content (AvgIpc) is 3.39. The predicted octanol–water partition coefficient (Wildman–Crippen LogP) is 21.1. The van der Waals surface area contributed by atoms with Gasteiger partial charge in [0.05, 0.1) is 39.9 Å². The van der Waals surface area contributed by atoms with Crippen molar-refractivity contribution in [2.24, 2.45) is 0 Å². The largest absolute Gasteiger partial charge is 0.472 e. The highest BCUT2D eigenvalue weighted by atomic mass is 31.2. The van der Waals surface area contributed by atoms with Gasteiger partial charge in [0.1, 0.15) is 13.2 Å². The summed E-state index contributed by atoms with van der Waals surface area (Å²) in [6.45, 7) is 4.84. The van der Waals surface area contributed by atoms with Crippen LogP contribution >= 0.6 is 7.82 Å². The number of unbranched alkanes of at least 4 members (excludes halogenated alkanes) is 43. The van der Waals surface area contributed by atoms with Gasteiger partial charge in [0.25, 0.3) is 0 Å². The zero-order valence-corrected chi connectivity index (χ0v) is 52.9. The van der Waals surface area contributed by atoms with Crippen LogP contribution < -0.4 is 5.32 Å². The van der Waals surface area contributed by atoms with Crippen molar-refractivity contribution in [2.75, 3.05) is 40.9 Å². The molecule has 3 atom stereocenters. The van der Waals surface area contributed by atoms with Crippen LogP contribution in [0, 0.1) is 0 Å². The van der Waals surface area contributed by atoms with E-state index in [1.807, 2.05) is 27.2 Å². The maximum Gasteiger partial charge on any atom is 0.472 e. The standard InChI is InChI=1S/C68H131N2O6P/c1-6-8-10-12-14-16-18-20-22-24-26-28-30-32-33-34-35-36-38-39-41-43-45-47-49-51-53-55-57-59-61-67(71)66(65-76-77(73,74)75-64-63-70(3,4)5)69-68(72)62-60-58-56-54-52-50-48-46-44-42-40-37-31-29-27-25-23-21-19-17-15-13-11-9-7-2/h19,21,25,27,31,37,59,61,66-67,71H,6-18,20,22-24,26,28-30,32-36,38-58,60,62-65H2,1-5H3,(H-,69,72,73,74)/p+1/b21-19-,27-25-,37-31-,61-59+. The third-order valence-electron chi connectivity index (χ3n) is 15.3. The number of allylic oxidation sites excluding steroid dienone is 7. The zero-order valence-electron chi connectivity index (χ0n) is 52.0. The molecule has 3 unspecified atom stereocenters. The molecule has 0 saturated carbocycles. The summed E-state index contributed by atoms with van der Waals surface area (Å²) < 4.78 is 23.8. The number of quaternary nitrogens is 1. The monoisotopic (exact) mass is 1100 g/mol. The Morgan fingerprint density at radius 3 is 1.08 bits per heavy atom. The van der Waals surface area contributed by atoms with Crippen molar-refractivity contribution >= 4 is 13.7 Å². The van der Waals surface area contributed by atoms with E-state index in [2.05, 4.69) is 55.6 Å². The SMILES string of the molecule is CCCCCCC/C=C\C/C=C\C/C=C\CCCCCCCCCCCCC(=O)NC(COP(=O)(O)OCC[N+](C)(C)C)C(O)/C=C/CCCCCCCCCCCCCCCCCCCCCCCCCCCCCC. The van der Waals surface area contributed by atoms with Gasteiger partial charge in [-0.05, 0) is 57.8 Å². The van der Waals surface area contributed by atoms with Crippen LogP contribution in [0.15, 0.2) is 48.6 Å². The number of amides is 1. The van der Waals surface area contributed by atoms with Crippen molar-refractivity contribution in [3.05, 3.63) is 48.6 Å². The van der Waals surface area contributed by atoms with E-state index in [1.165, 1.54) is 257 Å². The Hall–Kier alpha value is -1.54. The highest BCUT2D eigenvalue weighted by molar-refractivity contribution is 7.47. The number of phosphoric acid groups is 1. The number of hydrogen-bond donors (Lipinski definition) is 3. The molecule has 3 N–H and O–H groups in total. The molecular formula is C68H132N2O6P+. The number of carbonyl (C=O) groups is 1. The molecule has 0 aromatic rings. The molecule has 0 saturated heterocycles. The molecule has 0 fully saturated rings. The van der Waals surface area contributed by atoms with Crippen LogP contribution in [0.4, 0.5) is 0 Å². The van der Waals surface area contributed by atoms with Gasteiger partial charge in [0.2, 0.25) is 5.91 Å². The van der Waals surface area contributed by atoms with Gasteiger partial charge in [-0.1, -0.05) is 313 Å². The first-order chi connectivity index (χ1) is 37.5. The molecule has 0 rings (SSSR count). The summed E-state index contributed by atoms with van der Waals surface area (Å²) in [5, 5.41) is 14.0. The van der Waals surface area contributed by atoms with E-state index in [1.54, 1.807) is 6.08 Å². The number of nitrogens with one attached hydrogen (secondary N) is 1. The van der Waals surface area contributed by atoms with E-state index >= 15 is 0 Å². The number of nitrogens with zero attached hydrogens (tertiary/aromatic N) is 1. The minimum atomic E-state index is -4.35. The van der Waals surface area contributed by atoms with Crippen LogP contribution in [-0.4, -0.2) is 73.4 Å². The van der Waals surface area contributed by atoms with Gasteiger partial charge in [-0.25, -0.2) is 4.57 Å². The molecule has 9 heteroatoms. The third kappa shape index (κ3) is 61.9. The number of likely N-dealkylation sites (N-methyl/N-ethyl adjacent to an activating group) is 1. The maximum absolute atomic E-state index is 13.0. The van der Waals surface area contributed by atoms with Crippen molar-refractivity contribution in [2.45, 2.75) is 341 Å². The third-order valence-corrected chi connectivity index (χ3v) is 16.3. The molecule has 8 nitrogen and oxygen atoms in total. The van der Waals surface area contributed by atoms with Gasteiger partial charge in [-0.15, -0.1) is 0 Å². The highest BCUT2D eigenvalue weighted by Gasteiger charge is 2.28. The Bertz CT molecular complexity index is 1390. The second-order valence-electron chi connectivity index (χ2n) is 24.2. The van der Waals surface area contributed by atoms with E-state index in [0.717, 1.165) is 51.4 Å². The predicted molar refractivity (Wildman–Crippen MR) is 337 cm³/mol. The van der Waals surface area contributed by atoms with Crippen LogP contribution in [0.5, 0.6) is 0 Å². The zero-order chi connectivity index (χ0) is 56.3. The summed E-state index contributed by atoms with van der Waals surface area (Å²) in [6, 6.07) is -0.852. The second kappa shape index (κ2) is 59.1. The molecule has 0 aliphatic heterocycles. The number of carbonyl (C=O) groups excluding carboxylic acids is 1. The van der Waals surface area contributed by atoms with Gasteiger partial charge in [0.15, 0.2) is 0 Å². The van der Waals surface area contributed by atoms with Crippen molar-refractivity contribution in [3.63, 3.8) is 0 Å². The fourth-order valence-electron chi connectivity index (χ4n) is 10.1. The van der Waals surface area contributed by atoms with E-state index in [4.69, 9.17) is 9.05 Å². The minimum Gasteiger partial charge on any atom is -0.387 e.